The molecule has 1 aliphatic heterocycles. The Labute approximate surface area is 268 Å². The lowest BCUT2D eigenvalue weighted by Gasteiger charge is -2.28. The normalized spacial score (nSPS) is 15.3. The number of benzene rings is 3. The van der Waals surface area contributed by atoms with E-state index in [0.29, 0.717) is 46.7 Å². The predicted octanol–water partition coefficient (Wildman–Crippen LogP) is 5.20. The first kappa shape index (κ1) is 32.6. The molecule has 13 heteroatoms. The number of hydrogen-bond donors (Lipinski definition) is 4. The molecule has 0 radical (unpaired) electrons. The first-order valence-electron chi connectivity index (χ1n) is 13.6. The lowest BCUT2D eigenvalue weighted by atomic mass is 9.95. The summed E-state index contributed by atoms with van der Waals surface area (Å²) in [5, 5.41) is 20.5. The number of hydrogen-bond acceptors (Lipinski definition) is 9. The predicted molar refractivity (Wildman–Crippen MR) is 169 cm³/mol. The molecule has 44 heavy (non-hydrogen) atoms. The maximum atomic E-state index is 12.4. The van der Waals surface area contributed by atoms with Gasteiger partial charge in [0.05, 0.1) is 36.0 Å². The number of ether oxygens (including phenoxy) is 4. The van der Waals surface area contributed by atoms with Gasteiger partial charge >= 0.3 is 12.0 Å². The smallest absolute Gasteiger partial charge is 0.337 e. The number of allylic oxidation sites excluding steroid dienone is 1. The van der Waals surface area contributed by atoms with E-state index in [2.05, 4.69) is 37.1 Å². The van der Waals surface area contributed by atoms with Crippen LogP contribution in [0.5, 0.6) is 17.2 Å². The van der Waals surface area contributed by atoms with Crippen LogP contribution >= 0.6 is 27.5 Å². The zero-order chi connectivity index (χ0) is 31.6. The van der Waals surface area contributed by atoms with Crippen LogP contribution < -0.4 is 30.3 Å². The zero-order valence-electron chi connectivity index (χ0n) is 24.2. The summed E-state index contributed by atoms with van der Waals surface area (Å²) in [4.78, 5) is 24.6. The van der Waals surface area contributed by atoms with E-state index in [9.17, 15) is 14.7 Å². The summed E-state index contributed by atoms with van der Waals surface area (Å²) in [5.74, 6) is 0.824. The van der Waals surface area contributed by atoms with Crippen LogP contribution in [0.2, 0.25) is 5.02 Å². The van der Waals surface area contributed by atoms with Crippen molar-refractivity contribution in [3.8, 4) is 17.2 Å². The Balaban J connectivity index is 1.34. The van der Waals surface area contributed by atoms with Crippen LogP contribution in [0.15, 0.2) is 81.5 Å². The number of aliphatic hydroxyl groups is 1. The van der Waals surface area contributed by atoms with Crippen LogP contribution in [0.3, 0.4) is 0 Å². The van der Waals surface area contributed by atoms with Crippen molar-refractivity contribution < 1.29 is 33.6 Å². The number of rotatable bonds is 13. The highest BCUT2D eigenvalue weighted by Crippen LogP contribution is 2.35. The van der Waals surface area contributed by atoms with Gasteiger partial charge in [0.15, 0.2) is 17.7 Å². The molecule has 0 saturated carbocycles. The summed E-state index contributed by atoms with van der Waals surface area (Å²) in [6.07, 6.45) is 0.418. The minimum Gasteiger partial charge on any atom is -0.490 e. The standard InChI is InChI=1S/C31H32BrClN4O7/c1-4-42-26-14-21(29-28(30(39)41-3)18(2)35-31(40)36-29)9-11-25(26)44-17-27(38)37-34-15-19-8-10-24(23(32)13-19)43-16-20-6-5-7-22(33)12-20/h5-15,27,29,37-38H,4,16-17H2,1-3H3,(H2,35,36,40)/b34-15+/t27-,29-/m0/s1. The topological polar surface area (TPSA) is 140 Å². The van der Waals surface area contributed by atoms with Crippen LogP contribution in [0.1, 0.15) is 36.6 Å². The van der Waals surface area contributed by atoms with E-state index >= 15 is 0 Å². The Kier molecular flexibility index (Phi) is 11.5. The average molecular weight is 688 g/mol. The number of nitrogens with zero attached hydrogens (tertiary/aromatic N) is 1. The van der Waals surface area contributed by atoms with E-state index in [1.54, 1.807) is 31.3 Å². The van der Waals surface area contributed by atoms with Crippen LogP contribution in [0, 0.1) is 0 Å². The fraction of sp³-hybridized carbons (Fsp3) is 0.258. The number of aliphatic hydroxyl groups excluding tert-OH is 1. The van der Waals surface area contributed by atoms with Gasteiger partial charge < -0.3 is 34.7 Å². The second-order valence-electron chi connectivity index (χ2n) is 9.52. The van der Waals surface area contributed by atoms with Crippen LogP contribution in [-0.2, 0) is 16.1 Å². The number of methoxy groups -OCH3 is 1. The molecule has 0 bridgehead atoms. The number of carbonyl (C=O) groups excluding carboxylic acids is 2. The maximum absolute atomic E-state index is 12.4. The number of halogens is 2. The second-order valence-corrected chi connectivity index (χ2v) is 10.8. The minimum absolute atomic E-state index is 0.146. The van der Waals surface area contributed by atoms with Gasteiger partial charge in [-0.25, -0.2) is 9.59 Å². The summed E-state index contributed by atoms with van der Waals surface area (Å²) >= 11 is 9.55. The maximum Gasteiger partial charge on any atom is 0.337 e. The number of urea groups is 1. The van der Waals surface area contributed by atoms with Crippen LogP contribution in [0.25, 0.3) is 0 Å². The number of nitrogens with one attached hydrogen (secondary N) is 3. The van der Waals surface area contributed by atoms with Crippen molar-refractivity contribution >= 4 is 45.7 Å². The van der Waals surface area contributed by atoms with Gasteiger partial charge in [-0.15, -0.1) is 0 Å². The molecule has 0 fully saturated rings. The summed E-state index contributed by atoms with van der Waals surface area (Å²) in [6, 6.07) is 16.7. The van der Waals surface area contributed by atoms with Crippen LogP contribution in [-0.4, -0.2) is 49.9 Å². The van der Waals surface area contributed by atoms with Gasteiger partial charge in [-0.1, -0.05) is 29.8 Å². The van der Waals surface area contributed by atoms with Gasteiger partial charge in [0.25, 0.3) is 0 Å². The van der Waals surface area contributed by atoms with E-state index in [-0.39, 0.29) is 12.2 Å². The van der Waals surface area contributed by atoms with Gasteiger partial charge in [0, 0.05) is 10.7 Å². The molecule has 4 rings (SSSR count). The van der Waals surface area contributed by atoms with Crippen molar-refractivity contribution in [3.05, 3.63) is 98.1 Å². The monoisotopic (exact) mass is 686 g/mol. The Morgan fingerprint density at radius 3 is 2.64 bits per heavy atom. The Bertz CT molecular complexity index is 1570. The van der Waals surface area contributed by atoms with E-state index < -0.39 is 24.3 Å². The third-order valence-electron chi connectivity index (χ3n) is 6.35. The molecule has 0 spiro atoms. The Hall–Kier alpha value is -4.26. The van der Waals surface area contributed by atoms with Gasteiger partial charge in [-0.05, 0) is 88.9 Å². The number of carbonyl (C=O) groups is 2. The van der Waals surface area contributed by atoms with Crippen molar-refractivity contribution in [3.63, 3.8) is 0 Å². The third kappa shape index (κ3) is 8.65. The number of amides is 2. The lowest BCUT2D eigenvalue weighted by Crippen LogP contribution is -2.45. The lowest BCUT2D eigenvalue weighted by molar-refractivity contribution is -0.136. The van der Waals surface area contributed by atoms with Gasteiger partial charge in [-0.2, -0.15) is 5.10 Å². The Morgan fingerprint density at radius 1 is 1.11 bits per heavy atom. The Morgan fingerprint density at radius 2 is 1.91 bits per heavy atom. The molecule has 4 N–H and O–H groups in total. The molecule has 3 aromatic carbocycles. The quantitative estimate of drug-likeness (QED) is 0.0833. The van der Waals surface area contributed by atoms with E-state index in [4.69, 9.17) is 30.5 Å². The fourth-order valence-corrected chi connectivity index (χ4v) is 5.05. The van der Waals surface area contributed by atoms with E-state index in [1.807, 2.05) is 49.4 Å². The third-order valence-corrected chi connectivity index (χ3v) is 7.20. The molecule has 0 saturated heterocycles. The molecule has 1 heterocycles. The highest BCUT2D eigenvalue weighted by Gasteiger charge is 2.32. The summed E-state index contributed by atoms with van der Waals surface area (Å²) in [7, 11) is 1.27. The summed E-state index contributed by atoms with van der Waals surface area (Å²) < 4.78 is 23.1. The molecule has 0 aliphatic carbocycles. The second kappa shape index (κ2) is 15.5. The van der Waals surface area contributed by atoms with Crippen LogP contribution in [0.4, 0.5) is 4.79 Å². The molecular weight excluding hydrogens is 656 g/mol. The molecule has 3 aromatic rings. The minimum atomic E-state index is -1.13. The number of esters is 1. The van der Waals surface area contributed by atoms with Crippen molar-refractivity contribution in [1.82, 2.24) is 16.1 Å². The van der Waals surface area contributed by atoms with Gasteiger partial charge in [-0.3, -0.25) is 5.43 Å². The molecular formula is C31H32BrClN4O7. The van der Waals surface area contributed by atoms with Gasteiger partial charge in [0.1, 0.15) is 19.0 Å². The molecule has 232 valence electrons. The molecule has 2 amide bonds. The number of hydrazone groups is 1. The van der Waals surface area contributed by atoms with Crippen molar-refractivity contribution in [1.29, 1.82) is 0 Å². The summed E-state index contributed by atoms with van der Waals surface area (Å²) in [6.45, 7) is 4.00. The summed E-state index contributed by atoms with van der Waals surface area (Å²) in [5.41, 5.74) is 5.60. The molecule has 1 aliphatic rings. The average Bonchev–Trinajstić information content (AvgIpc) is 2.99. The highest BCUT2D eigenvalue weighted by molar-refractivity contribution is 9.10. The first-order chi connectivity index (χ1) is 21.2. The first-order valence-corrected chi connectivity index (χ1v) is 14.7. The highest BCUT2D eigenvalue weighted by atomic mass is 79.9. The van der Waals surface area contributed by atoms with Gasteiger partial charge in [0.2, 0.25) is 0 Å². The largest absolute Gasteiger partial charge is 0.490 e. The molecule has 2 atom stereocenters. The van der Waals surface area contributed by atoms with Crippen molar-refractivity contribution in [2.75, 3.05) is 20.3 Å². The van der Waals surface area contributed by atoms with Crippen molar-refractivity contribution in [2.24, 2.45) is 5.10 Å². The molecule has 11 nitrogen and oxygen atoms in total. The SMILES string of the molecule is CCOc1cc([C@@H]2NC(=O)NC(C)=C2C(=O)OC)ccc1OC[C@H](O)N/N=C/c1ccc(OCc2cccc(Cl)c2)c(Br)c1. The van der Waals surface area contributed by atoms with E-state index in [0.717, 1.165) is 15.6 Å². The molecule has 0 aromatic heterocycles. The fourth-order valence-electron chi connectivity index (χ4n) is 4.32. The molecule has 0 unspecified atom stereocenters. The zero-order valence-corrected chi connectivity index (χ0v) is 26.6. The van der Waals surface area contributed by atoms with Crippen molar-refractivity contribution in [2.45, 2.75) is 32.7 Å². The van der Waals surface area contributed by atoms with E-state index in [1.165, 1.54) is 7.11 Å².